The normalized spacial score (nSPS) is 11.8. The van der Waals surface area contributed by atoms with Gasteiger partial charge in [0.25, 0.3) is 11.8 Å². The molecule has 1 atom stereocenters. The van der Waals surface area contributed by atoms with Crippen molar-refractivity contribution in [1.29, 1.82) is 0 Å². The van der Waals surface area contributed by atoms with Gasteiger partial charge in [-0.2, -0.15) is 4.37 Å². The van der Waals surface area contributed by atoms with Crippen LogP contribution in [0.1, 0.15) is 63.2 Å². The summed E-state index contributed by atoms with van der Waals surface area (Å²) < 4.78 is 4.01. The van der Waals surface area contributed by atoms with Crippen molar-refractivity contribution in [2.45, 2.75) is 40.2 Å². The summed E-state index contributed by atoms with van der Waals surface area (Å²) in [5, 5.41) is 3.01. The minimum absolute atomic E-state index is 0.0451. The maximum atomic E-state index is 14.2. The van der Waals surface area contributed by atoms with E-state index in [1.165, 1.54) is 4.90 Å². The van der Waals surface area contributed by atoms with Gasteiger partial charge in [-0.3, -0.25) is 19.3 Å². The van der Waals surface area contributed by atoms with Gasteiger partial charge in [-0.05, 0) is 67.0 Å². The quantitative estimate of drug-likeness (QED) is 0.358. The average Bonchev–Trinajstić information content (AvgIpc) is 3.24. The largest absolute Gasteiger partial charge is 0.395 e. The molecule has 0 spiro atoms. The van der Waals surface area contributed by atoms with Gasteiger partial charge in [-0.1, -0.05) is 43.7 Å². The van der Waals surface area contributed by atoms with Gasteiger partial charge in [0, 0.05) is 32.0 Å². The fourth-order valence-electron chi connectivity index (χ4n) is 4.13. The molecule has 0 aliphatic heterocycles. The second-order valence-electron chi connectivity index (χ2n) is 9.97. The summed E-state index contributed by atoms with van der Waals surface area (Å²) >= 11 is 0.792. The van der Waals surface area contributed by atoms with Gasteiger partial charge in [0.15, 0.2) is 5.69 Å². The smallest absolute Gasteiger partial charge is 0.273 e. The van der Waals surface area contributed by atoms with E-state index in [1.807, 2.05) is 75.3 Å². The zero-order valence-corrected chi connectivity index (χ0v) is 23.6. The average molecular weight is 537 g/mol. The minimum atomic E-state index is -1.01. The number of nitrogens with two attached hydrogens (primary N) is 2. The molecule has 38 heavy (non-hydrogen) atoms. The number of hydrogen-bond donors (Lipinski definition) is 3. The van der Waals surface area contributed by atoms with Crippen molar-refractivity contribution in [3.05, 3.63) is 69.7 Å². The summed E-state index contributed by atoms with van der Waals surface area (Å²) in [4.78, 5) is 43.3. The zero-order chi connectivity index (χ0) is 28.1. The van der Waals surface area contributed by atoms with Crippen molar-refractivity contribution in [3.63, 3.8) is 0 Å². The summed E-state index contributed by atoms with van der Waals surface area (Å²) in [6, 6.07) is 12.1. The Kier molecular flexibility index (Phi) is 9.11. The van der Waals surface area contributed by atoms with E-state index < -0.39 is 17.9 Å². The standard InChI is InChI=1S/C28H36N6O3S/c1-16(2)13-14-31-27(36)24(19-8-10-20(11-9-19)33(5)6)34(21-12-7-17(3)15-18(21)4)28(37)25-22(29)23(26(30)35)32-38-25/h7-12,15-16,24H,13-14,29H2,1-6H3,(H2,30,35)(H,31,36)/t24-/m1/s1. The SMILES string of the molecule is Cc1ccc(N(C(=O)c2snc(C(N)=O)c2N)[C@@H](C(=O)NCCC(C)C)c2ccc(N(C)C)cc2)c(C)c1. The third-order valence-electron chi connectivity index (χ3n) is 6.24. The van der Waals surface area contributed by atoms with Crippen LogP contribution in [0.5, 0.6) is 0 Å². The molecule has 0 bridgehead atoms. The number of rotatable bonds is 10. The summed E-state index contributed by atoms with van der Waals surface area (Å²) in [6.07, 6.45) is 0.791. The van der Waals surface area contributed by atoms with Crippen LogP contribution >= 0.6 is 11.5 Å². The predicted molar refractivity (Wildman–Crippen MR) is 154 cm³/mol. The molecule has 0 aliphatic carbocycles. The molecule has 0 saturated carbocycles. The molecule has 1 aromatic heterocycles. The topological polar surface area (TPSA) is 135 Å². The Labute approximate surface area is 228 Å². The van der Waals surface area contributed by atoms with E-state index in [0.717, 1.165) is 34.8 Å². The molecule has 1 heterocycles. The molecule has 0 saturated heterocycles. The van der Waals surface area contributed by atoms with E-state index in [0.29, 0.717) is 23.7 Å². The van der Waals surface area contributed by atoms with Crippen molar-refractivity contribution < 1.29 is 14.4 Å². The second-order valence-corrected chi connectivity index (χ2v) is 10.7. The molecule has 0 radical (unpaired) electrons. The van der Waals surface area contributed by atoms with Crippen LogP contribution in [0.4, 0.5) is 17.1 Å². The van der Waals surface area contributed by atoms with Crippen molar-refractivity contribution in [2.24, 2.45) is 11.7 Å². The number of primary amides is 1. The van der Waals surface area contributed by atoms with Gasteiger partial charge < -0.3 is 21.7 Å². The van der Waals surface area contributed by atoms with Gasteiger partial charge in [0.05, 0.1) is 5.69 Å². The van der Waals surface area contributed by atoms with Crippen molar-refractivity contribution >= 4 is 46.3 Å². The Morgan fingerprint density at radius 3 is 2.24 bits per heavy atom. The van der Waals surface area contributed by atoms with Crippen LogP contribution in [-0.4, -0.2) is 42.7 Å². The number of nitrogens with zero attached hydrogens (tertiary/aromatic N) is 3. The Hall–Kier alpha value is -3.92. The number of carbonyl (C=O) groups excluding carboxylic acids is 3. The fraction of sp³-hybridized carbons (Fsp3) is 0.357. The van der Waals surface area contributed by atoms with E-state index in [1.54, 1.807) is 0 Å². The number of carbonyl (C=O) groups is 3. The molecule has 0 fully saturated rings. The molecular weight excluding hydrogens is 500 g/mol. The Balaban J connectivity index is 2.21. The van der Waals surface area contributed by atoms with Gasteiger partial charge in [-0.15, -0.1) is 0 Å². The number of nitrogen functional groups attached to an aromatic ring is 1. The second kappa shape index (κ2) is 12.1. The Bertz CT molecular complexity index is 1320. The Morgan fingerprint density at radius 2 is 1.71 bits per heavy atom. The van der Waals surface area contributed by atoms with Crippen molar-refractivity contribution in [1.82, 2.24) is 9.69 Å². The van der Waals surface area contributed by atoms with Crippen molar-refractivity contribution in [3.8, 4) is 0 Å². The molecule has 2 aromatic carbocycles. The maximum absolute atomic E-state index is 14.2. The van der Waals surface area contributed by atoms with Crippen LogP contribution in [0.15, 0.2) is 42.5 Å². The lowest BCUT2D eigenvalue weighted by Crippen LogP contribution is -2.44. The number of aromatic nitrogens is 1. The highest BCUT2D eigenvalue weighted by Crippen LogP contribution is 2.35. The van der Waals surface area contributed by atoms with Crippen molar-refractivity contribution in [2.75, 3.05) is 36.2 Å². The lowest BCUT2D eigenvalue weighted by Gasteiger charge is -2.32. The molecule has 10 heteroatoms. The van der Waals surface area contributed by atoms with E-state index in [2.05, 4.69) is 23.5 Å². The minimum Gasteiger partial charge on any atom is -0.395 e. The number of hydrogen-bond acceptors (Lipinski definition) is 7. The summed E-state index contributed by atoms with van der Waals surface area (Å²) in [5.41, 5.74) is 15.3. The van der Waals surface area contributed by atoms with E-state index in [9.17, 15) is 14.4 Å². The molecule has 3 aromatic rings. The molecule has 3 amide bonds. The molecule has 9 nitrogen and oxygen atoms in total. The molecule has 5 N–H and O–H groups in total. The summed E-state index contributed by atoms with van der Waals surface area (Å²) in [6.45, 7) is 8.47. The predicted octanol–water partition coefficient (Wildman–Crippen LogP) is 4.06. The first-order chi connectivity index (χ1) is 17.9. The molecule has 0 unspecified atom stereocenters. The number of anilines is 3. The first-order valence-electron chi connectivity index (χ1n) is 12.4. The summed E-state index contributed by atoms with van der Waals surface area (Å²) in [5.74, 6) is -1.29. The highest BCUT2D eigenvalue weighted by atomic mass is 32.1. The fourth-order valence-corrected chi connectivity index (χ4v) is 4.88. The number of nitrogens with one attached hydrogen (secondary N) is 1. The third-order valence-corrected chi connectivity index (χ3v) is 7.09. The maximum Gasteiger partial charge on any atom is 0.273 e. The molecule has 202 valence electrons. The van der Waals surface area contributed by atoms with Crippen LogP contribution in [0.3, 0.4) is 0 Å². The summed E-state index contributed by atoms with van der Waals surface area (Å²) in [7, 11) is 3.86. The highest BCUT2D eigenvalue weighted by Gasteiger charge is 2.36. The van der Waals surface area contributed by atoms with E-state index in [-0.39, 0.29) is 22.2 Å². The zero-order valence-electron chi connectivity index (χ0n) is 22.7. The van der Waals surface area contributed by atoms with Gasteiger partial charge in [0.1, 0.15) is 10.9 Å². The number of benzene rings is 2. The highest BCUT2D eigenvalue weighted by molar-refractivity contribution is 7.09. The van der Waals surface area contributed by atoms with Gasteiger partial charge >= 0.3 is 0 Å². The number of amides is 3. The number of aryl methyl sites for hydroxylation is 2. The van der Waals surface area contributed by atoms with Crippen LogP contribution < -0.4 is 26.6 Å². The van der Waals surface area contributed by atoms with E-state index >= 15 is 0 Å². The molecule has 0 aliphatic rings. The van der Waals surface area contributed by atoms with Crippen LogP contribution in [0, 0.1) is 19.8 Å². The van der Waals surface area contributed by atoms with Crippen LogP contribution in [0.25, 0.3) is 0 Å². The lowest BCUT2D eigenvalue weighted by molar-refractivity contribution is -0.122. The Morgan fingerprint density at radius 1 is 1.05 bits per heavy atom. The first-order valence-corrected chi connectivity index (χ1v) is 13.2. The molecule has 3 rings (SSSR count). The first kappa shape index (κ1) is 28.6. The van der Waals surface area contributed by atoms with E-state index in [4.69, 9.17) is 11.5 Å². The third kappa shape index (κ3) is 6.31. The monoisotopic (exact) mass is 536 g/mol. The van der Waals surface area contributed by atoms with Crippen LogP contribution in [-0.2, 0) is 4.79 Å². The lowest BCUT2D eigenvalue weighted by atomic mass is 10.00. The molecular formula is C28H36N6O3S. The van der Waals surface area contributed by atoms with Crippen LogP contribution in [0.2, 0.25) is 0 Å². The van der Waals surface area contributed by atoms with Gasteiger partial charge in [-0.25, -0.2) is 0 Å². The van der Waals surface area contributed by atoms with Gasteiger partial charge in [0.2, 0.25) is 5.91 Å².